The Balaban J connectivity index is 1.50. The van der Waals surface area contributed by atoms with Crippen molar-refractivity contribution in [1.82, 2.24) is 24.5 Å². The van der Waals surface area contributed by atoms with Gasteiger partial charge in [-0.3, -0.25) is 14.2 Å². The number of unbranched alkanes of at least 4 members (excludes halogenated alkanes) is 1. The summed E-state index contributed by atoms with van der Waals surface area (Å²) in [5, 5.41) is 18.6. The number of allylic oxidation sites excluding steroid dienone is 4. The molecular formula is C28H25ClFN5O3. The lowest BCUT2D eigenvalue weighted by atomic mass is 10.1. The van der Waals surface area contributed by atoms with Crippen molar-refractivity contribution in [2.45, 2.75) is 45.1 Å². The molecule has 0 atom stereocenters. The van der Waals surface area contributed by atoms with E-state index in [0.29, 0.717) is 53.9 Å². The Bertz CT molecular complexity index is 1620. The molecule has 0 unspecified atom stereocenters. The molecule has 5 rings (SSSR count). The Hall–Kier alpha value is -4.11. The van der Waals surface area contributed by atoms with Gasteiger partial charge in [0.05, 0.1) is 29.3 Å². The molecule has 1 aliphatic carbocycles. The second kappa shape index (κ2) is 11.1. The van der Waals surface area contributed by atoms with E-state index in [9.17, 15) is 14.0 Å². The second-order valence-corrected chi connectivity index (χ2v) is 9.55. The first-order valence-electron chi connectivity index (χ1n) is 12.4. The summed E-state index contributed by atoms with van der Waals surface area (Å²) in [4.78, 5) is 29.3. The van der Waals surface area contributed by atoms with Gasteiger partial charge in [-0.2, -0.15) is 0 Å². The first-order chi connectivity index (χ1) is 18.4. The summed E-state index contributed by atoms with van der Waals surface area (Å²) in [5.41, 5.74) is 3.10. The predicted octanol–water partition coefficient (Wildman–Crippen LogP) is 5.42. The SMILES string of the molecule is O=C(O)CCCCc1nc2cc(-c3cn(CC4=CCCC=C4Cl)nn3)ccc2c(=O)n1-c1ccc(F)cc1. The van der Waals surface area contributed by atoms with Crippen LogP contribution in [0.5, 0.6) is 0 Å². The van der Waals surface area contributed by atoms with E-state index in [1.807, 2.05) is 12.3 Å². The molecule has 1 N–H and O–H groups in total. The first kappa shape index (κ1) is 25.5. The molecule has 4 aromatic rings. The van der Waals surface area contributed by atoms with Gasteiger partial charge in [0.25, 0.3) is 5.56 Å². The van der Waals surface area contributed by atoms with E-state index in [0.717, 1.165) is 29.0 Å². The molecule has 2 aromatic heterocycles. The van der Waals surface area contributed by atoms with Crippen LogP contribution in [0.15, 0.2) is 76.2 Å². The van der Waals surface area contributed by atoms with Crippen molar-refractivity contribution in [3.63, 3.8) is 0 Å². The van der Waals surface area contributed by atoms with Gasteiger partial charge in [0, 0.05) is 23.4 Å². The lowest BCUT2D eigenvalue weighted by molar-refractivity contribution is -0.137. The summed E-state index contributed by atoms with van der Waals surface area (Å²) in [7, 11) is 0. The van der Waals surface area contributed by atoms with Crippen LogP contribution in [0.2, 0.25) is 0 Å². The predicted molar refractivity (Wildman–Crippen MR) is 143 cm³/mol. The zero-order chi connectivity index (χ0) is 26.6. The lowest BCUT2D eigenvalue weighted by Crippen LogP contribution is -2.24. The summed E-state index contributed by atoms with van der Waals surface area (Å²) >= 11 is 6.32. The summed E-state index contributed by atoms with van der Waals surface area (Å²) in [5.74, 6) is -0.802. The minimum absolute atomic E-state index is 0.0338. The number of carboxylic acid groups (broad SMARTS) is 1. The van der Waals surface area contributed by atoms with Gasteiger partial charge in [0.1, 0.15) is 17.3 Å². The Morgan fingerprint density at radius 2 is 1.87 bits per heavy atom. The topological polar surface area (TPSA) is 103 Å². The van der Waals surface area contributed by atoms with Crippen molar-refractivity contribution in [1.29, 1.82) is 0 Å². The molecule has 0 spiro atoms. The van der Waals surface area contributed by atoms with E-state index in [4.69, 9.17) is 21.7 Å². The van der Waals surface area contributed by atoms with Crippen LogP contribution in [0.25, 0.3) is 27.8 Å². The molecule has 0 aliphatic heterocycles. The van der Waals surface area contributed by atoms with Crippen LogP contribution >= 0.6 is 11.6 Å². The molecule has 194 valence electrons. The van der Waals surface area contributed by atoms with E-state index in [2.05, 4.69) is 16.4 Å². The van der Waals surface area contributed by atoms with Gasteiger partial charge in [-0.05, 0) is 67.7 Å². The lowest BCUT2D eigenvalue weighted by Gasteiger charge is -2.14. The molecule has 0 bridgehead atoms. The van der Waals surface area contributed by atoms with Gasteiger partial charge in [0.2, 0.25) is 0 Å². The Morgan fingerprint density at radius 1 is 1.08 bits per heavy atom. The third kappa shape index (κ3) is 5.57. The quantitative estimate of drug-likeness (QED) is 0.288. The number of benzene rings is 2. The Morgan fingerprint density at radius 3 is 2.63 bits per heavy atom. The van der Waals surface area contributed by atoms with Crippen LogP contribution in [-0.2, 0) is 17.8 Å². The fourth-order valence-electron chi connectivity index (χ4n) is 4.49. The Kier molecular flexibility index (Phi) is 7.46. The van der Waals surface area contributed by atoms with Gasteiger partial charge < -0.3 is 5.11 Å². The number of hydrogen-bond acceptors (Lipinski definition) is 5. The normalized spacial score (nSPS) is 13.4. The van der Waals surface area contributed by atoms with E-state index < -0.39 is 11.8 Å². The molecule has 0 radical (unpaired) electrons. The van der Waals surface area contributed by atoms with Crippen molar-refractivity contribution in [3.8, 4) is 16.9 Å². The summed E-state index contributed by atoms with van der Waals surface area (Å²) in [6.07, 6.45) is 9.21. The zero-order valence-electron chi connectivity index (χ0n) is 20.5. The molecule has 10 heteroatoms. The fourth-order valence-corrected chi connectivity index (χ4v) is 4.74. The monoisotopic (exact) mass is 533 g/mol. The highest BCUT2D eigenvalue weighted by molar-refractivity contribution is 6.32. The van der Waals surface area contributed by atoms with Crippen LogP contribution in [0.1, 0.15) is 37.9 Å². The van der Waals surface area contributed by atoms with Crippen molar-refractivity contribution in [2.75, 3.05) is 0 Å². The van der Waals surface area contributed by atoms with Crippen molar-refractivity contribution in [3.05, 3.63) is 93.4 Å². The highest BCUT2D eigenvalue weighted by Gasteiger charge is 2.16. The number of fused-ring (bicyclic) bond motifs is 1. The van der Waals surface area contributed by atoms with Crippen LogP contribution < -0.4 is 5.56 Å². The van der Waals surface area contributed by atoms with Crippen LogP contribution in [0, 0.1) is 5.82 Å². The van der Waals surface area contributed by atoms with E-state index in [1.54, 1.807) is 22.9 Å². The number of aliphatic carboxylic acids is 1. The van der Waals surface area contributed by atoms with Gasteiger partial charge in [0.15, 0.2) is 0 Å². The largest absolute Gasteiger partial charge is 0.481 e. The molecule has 38 heavy (non-hydrogen) atoms. The molecule has 2 aromatic carbocycles. The molecule has 2 heterocycles. The number of aromatic nitrogens is 5. The second-order valence-electron chi connectivity index (χ2n) is 9.14. The van der Waals surface area contributed by atoms with Crippen molar-refractivity contribution in [2.24, 2.45) is 0 Å². The van der Waals surface area contributed by atoms with Crippen LogP contribution in [-0.4, -0.2) is 35.6 Å². The number of carboxylic acids is 1. The average Bonchev–Trinajstić information content (AvgIpc) is 3.37. The van der Waals surface area contributed by atoms with E-state index in [-0.39, 0.29) is 12.0 Å². The number of rotatable bonds is 9. The minimum atomic E-state index is -0.872. The zero-order valence-corrected chi connectivity index (χ0v) is 21.2. The number of aryl methyl sites for hydroxylation is 1. The maximum absolute atomic E-state index is 13.6. The summed E-state index contributed by atoms with van der Waals surface area (Å²) < 4.78 is 16.7. The maximum Gasteiger partial charge on any atom is 0.303 e. The third-order valence-corrected chi connectivity index (χ3v) is 6.82. The third-order valence-electron chi connectivity index (χ3n) is 6.42. The van der Waals surface area contributed by atoms with Crippen LogP contribution in [0.4, 0.5) is 4.39 Å². The maximum atomic E-state index is 13.6. The molecule has 0 amide bonds. The molecule has 0 saturated heterocycles. The van der Waals surface area contributed by atoms with Gasteiger partial charge >= 0.3 is 5.97 Å². The minimum Gasteiger partial charge on any atom is -0.481 e. The van der Waals surface area contributed by atoms with E-state index >= 15 is 0 Å². The number of nitrogens with zero attached hydrogens (tertiary/aromatic N) is 5. The first-order valence-corrected chi connectivity index (χ1v) is 12.8. The summed E-state index contributed by atoms with van der Waals surface area (Å²) in [6, 6.07) is 10.9. The average molecular weight is 534 g/mol. The van der Waals surface area contributed by atoms with Crippen molar-refractivity contribution < 1.29 is 14.3 Å². The fraction of sp³-hybridized carbons (Fsp3) is 0.250. The summed E-state index contributed by atoms with van der Waals surface area (Å²) in [6.45, 7) is 0.511. The van der Waals surface area contributed by atoms with Crippen molar-refractivity contribution >= 4 is 28.5 Å². The molecule has 8 nitrogen and oxygen atoms in total. The molecular weight excluding hydrogens is 509 g/mol. The number of halogens is 2. The number of hydrogen-bond donors (Lipinski definition) is 1. The standard InChI is InChI=1S/C28H25ClFN5O3/c29-23-6-2-1-5-19(23)16-34-17-25(32-33-34)18-9-14-22-24(15-18)31-26(7-3-4-8-27(36)37)35(28(22)38)21-12-10-20(30)11-13-21/h5-6,9-15,17H,1-4,7-8,16H2,(H,36,37). The van der Waals surface area contributed by atoms with E-state index in [1.165, 1.54) is 28.8 Å². The van der Waals surface area contributed by atoms with Gasteiger partial charge in [-0.1, -0.05) is 35.0 Å². The highest BCUT2D eigenvalue weighted by Crippen LogP contribution is 2.25. The Labute approximate surface area is 222 Å². The highest BCUT2D eigenvalue weighted by atomic mass is 35.5. The molecule has 0 fully saturated rings. The molecule has 0 saturated carbocycles. The molecule has 1 aliphatic rings. The van der Waals surface area contributed by atoms with Gasteiger partial charge in [-0.25, -0.2) is 14.1 Å². The van der Waals surface area contributed by atoms with Crippen LogP contribution in [0.3, 0.4) is 0 Å². The number of carbonyl (C=O) groups is 1. The smallest absolute Gasteiger partial charge is 0.303 e. The van der Waals surface area contributed by atoms with Gasteiger partial charge in [-0.15, -0.1) is 5.10 Å².